The molecule has 18 heavy (non-hydrogen) atoms. The van der Waals surface area contributed by atoms with Gasteiger partial charge in [0.25, 0.3) is 5.91 Å². The molecule has 0 saturated heterocycles. The summed E-state index contributed by atoms with van der Waals surface area (Å²) in [6, 6.07) is 9.79. The van der Waals surface area contributed by atoms with Crippen LogP contribution in [0.15, 0.2) is 30.3 Å². The van der Waals surface area contributed by atoms with Gasteiger partial charge in [-0.25, -0.2) is 0 Å². The van der Waals surface area contributed by atoms with Gasteiger partial charge in [0, 0.05) is 19.3 Å². The van der Waals surface area contributed by atoms with Crippen LogP contribution in [-0.4, -0.2) is 15.7 Å². The van der Waals surface area contributed by atoms with Gasteiger partial charge in [-0.1, -0.05) is 24.3 Å². The van der Waals surface area contributed by atoms with Crippen LogP contribution in [0, 0.1) is 13.8 Å². The van der Waals surface area contributed by atoms with Gasteiger partial charge in [-0.15, -0.1) is 0 Å². The highest BCUT2D eigenvalue weighted by molar-refractivity contribution is 5.92. The number of rotatable bonds is 3. The van der Waals surface area contributed by atoms with Gasteiger partial charge in [0.05, 0.1) is 0 Å². The number of aryl methyl sites for hydroxylation is 3. The van der Waals surface area contributed by atoms with Crippen LogP contribution >= 0.6 is 0 Å². The first-order chi connectivity index (χ1) is 8.58. The molecule has 4 heteroatoms. The van der Waals surface area contributed by atoms with Crippen LogP contribution in [0.25, 0.3) is 0 Å². The van der Waals surface area contributed by atoms with Gasteiger partial charge in [-0.05, 0) is 31.0 Å². The molecule has 2 aromatic rings. The minimum absolute atomic E-state index is 0.137. The second kappa shape index (κ2) is 5.04. The van der Waals surface area contributed by atoms with Crippen molar-refractivity contribution in [3.8, 4) is 0 Å². The predicted molar refractivity (Wildman–Crippen MR) is 70.3 cm³/mol. The molecule has 4 nitrogen and oxygen atoms in total. The molecule has 1 aromatic heterocycles. The highest BCUT2D eigenvalue weighted by atomic mass is 16.1. The summed E-state index contributed by atoms with van der Waals surface area (Å²) in [4.78, 5) is 11.9. The van der Waals surface area contributed by atoms with Gasteiger partial charge < -0.3 is 5.32 Å². The molecule has 0 aliphatic heterocycles. The van der Waals surface area contributed by atoms with E-state index in [1.807, 2.05) is 45.2 Å². The Morgan fingerprint density at radius 1 is 1.33 bits per heavy atom. The minimum Gasteiger partial charge on any atom is -0.347 e. The number of hydrogen-bond acceptors (Lipinski definition) is 2. The molecule has 94 valence electrons. The Balaban J connectivity index is 2.03. The maximum atomic E-state index is 11.9. The standard InChI is InChI=1S/C14H17N3O/c1-10-6-4-5-7-12(10)9-15-14(18)13-8-11(2)17(3)16-13/h4-8H,9H2,1-3H3,(H,15,18). The Labute approximate surface area is 107 Å². The largest absolute Gasteiger partial charge is 0.347 e. The zero-order chi connectivity index (χ0) is 13.1. The maximum Gasteiger partial charge on any atom is 0.272 e. The zero-order valence-electron chi connectivity index (χ0n) is 10.9. The molecule has 0 spiro atoms. The van der Waals surface area contributed by atoms with Gasteiger partial charge in [0.1, 0.15) is 5.69 Å². The lowest BCUT2D eigenvalue weighted by Crippen LogP contribution is -2.23. The first kappa shape index (κ1) is 12.4. The summed E-state index contributed by atoms with van der Waals surface area (Å²) in [6.45, 7) is 4.48. The maximum absolute atomic E-state index is 11.9. The number of amides is 1. The van der Waals surface area contributed by atoms with Gasteiger partial charge in [0.15, 0.2) is 0 Å². The highest BCUT2D eigenvalue weighted by Gasteiger charge is 2.10. The van der Waals surface area contributed by atoms with E-state index in [0.717, 1.165) is 11.3 Å². The second-order valence-electron chi connectivity index (χ2n) is 4.40. The summed E-state index contributed by atoms with van der Waals surface area (Å²) >= 11 is 0. The molecule has 0 aliphatic rings. The average molecular weight is 243 g/mol. The molecular weight excluding hydrogens is 226 g/mol. The number of hydrogen-bond donors (Lipinski definition) is 1. The van der Waals surface area contributed by atoms with Crippen LogP contribution in [0.5, 0.6) is 0 Å². The van der Waals surface area contributed by atoms with Crippen molar-refractivity contribution in [1.29, 1.82) is 0 Å². The summed E-state index contributed by atoms with van der Waals surface area (Å²) in [5, 5.41) is 7.03. The number of benzene rings is 1. The van der Waals surface area contributed by atoms with Crippen molar-refractivity contribution in [1.82, 2.24) is 15.1 Å². The molecule has 1 heterocycles. The lowest BCUT2D eigenvalue weighted by atomic mass is 10.1. The van der Waals surface area contributed by atoms with Gasteiger partial charge in [0.2, 0.25) is 0 Å². The third kappa shape index (κ3) is 2.59. The van der Waals surface area contributed by atoms with E-state index < -0.39 is 0 Å². The molecule has 1 amide bonds. The van der Waals surface area contributed by atoms with Gasteiger partial charge in [-0.3, -0.25) is 9.48 Å². The first-order valence-corrected chi connectivity index (χ1v) is 5.91. The van der Waals surface area contributed by atoms with E-state index in [-0.39, 0.29) is 5.91 Å². The van der Waals surface area contributed by atoms with Crippen LogP contribution in [0.1, 0.15) is 27.3 Å². The Bertz CT molecular complexity index is 553. The summed E-state index contributed by atoms with van der Waals surface area (Å²) in [5.41, 5.74) is 3.73. The Morgan fingerprint density at radius 3 is 2.67 bits per heavy atom. The molecule has 0 aliphatic carbocycles. The summed E-state index contributed by atoms with van der Waals surface area (Å²) in [7, 11) is 1.83. The fraction of sp³-hybridized carbons (Fsp3) is 0.286. The summed E-state index contributed by atoms with van der Waals surface area (Å²) < 4.78 is 1.70. The van der Waals surface area contributed by atoms with E-state index in [1.54, 1.807) is 10.7 Å². The Morgan fingerprint density at radius 2 is 2.06 bits per heavy atom. The molecule has 0 unspecified atom stereocenters. The van der Waals surface area contributed by atoms with Crippen LogP contribution in [0.2, 0.25) is 0 Å². The number of carbonyl (C=O) groups excluding carboxylic acids is 1. The van der Waals surface area contributed by atoms with Crippen LogP contribution in [0.3, 0.4) is 0 Å². The van der Waals surface area contributed by atoms with Crippen molar-refractivity contribution < 1.29 is 4.79 Å². The molecule has 0 saturated carbocycles. The van der Waals surface area contributed by atoms with Crippen molar-refractivity contribution >= 4 is 5.91 Å². The molecule has 1 N–H and O–H groups in total. The molecule has 0 radical (unpaired) electrons. The fourth-order valence-electron chi connectivity index (χ4n) is 1.75. The van der Waals surface area contributed by atoms with E-state index in [0.29, 0.717) is 12.2 Å². The molecule has 2 rings (SSSR count). The van der Waals surface area contributed by atoms with Crippen molar-refractivity contribution in [2.75, 3.05) is 0 Å². The van der Waals surface area contributed by atoms with E-state index in [1.165, 1.54) is 5.56 Å². The SMILES string of the molecule is Cc1ccccc1CNC(=O)c1cc(C)n(C)n1. The molecule has 0 atom stereocenters. The van der Waals surface area contributed by atoms with Crippen molar-refractivity contribution in [2.24, 2.45) is 7.05 Å². The average Bonchev–Trinajstić information content (AvgIpc) is 2.68. The smallest absolute Gasteiger partial charge is 0.272 e. The topological polar surface area (TPSA) is 46.9 Å². The predicted octanol–water partition coefficient (Wildman–Crippen LogP) is 1.97. The monoisotopic (exact) mass is 243 g/mol. The van der Waals surface area contributed by atoms with Crippen LogP contribution < -0.4 is 5.32 Å². The zero-order valence-corrected chi connectivity index (χ0v) is 10.9. The van der Waals surface area contributed by atoms with E-state index in [2.05, 4.69) is 10.4 Å². The number of nitrogens with one attached hydrogen (secondary N) is 1. The summed E-state index contributed by atoms with van der Waals surface area (Å²) in [6.07, 6.45) is 0. The number of carbonyl (C=O) groups is 1. The molecule has 0 fully saturated rings. The minimum atomic E-state index is -0.137. The Kier molecular flexibility index (Phi) is 3.46. The number of nitrogens with zero attached hydrogens (tertiary/aromatic N) is 2. The van der Waals surface area contributed by atoms with E-state index in [9.17, 15) is 4.79 Å². The quantitative estimate of drug-likeness (QED) is 0.895. The lowest BCUT2D eigenvalue weighted by molar-refractivity contribution is 0.0945. The normalized spacial score (nSPS) is 10.4. The van der Waals surface area contributed by atoms with Crippen molar-refractivity contribution in [2.45, 2.75) is 20.4 Å². The van der Waals surface area contributed by atoms with Gasteiger partial charge in [-0.2, -0.15) is 5.10 Å². The van der Waals surface area contributed by atoms with Crippen LogP contribution in [-0.2, 0) is 13.6 Å². The Hall–Kier alpha value is -2.10. The molecular formula is C14H17N3O. The third-order valence-electron chi connectivity index (χ3n) is 3.05. The molecule has 0 bridgehead atoms. The highest BCUT2D eigenvalue weighted by Crippen LogP contribution is 2.07. The van der Waals surface area contributed by atoms with Crippen molar-refractivity contribution in [3.05, 3.63) is 52.8 Å². The van der Waals surface area contributed by atoms with Gasteiger partial charge >= 0.3 is 0 Å². The number of aromatic nitrogens is 2. The second-order valence-corrected chi connectivity index (χ2v) is 4.40. The lowest BCUT2D eigenvalue weighted by Gasteiger charge is -2.06. The molecule has 1 aromatic carbocycles. The van der Waals surface area contributed by atoms with E-state index in [4.69, 9.17) is 0 Å². The first-order valence-electron chi connectivity index (χ1n) is 5.91. The third-order valence-corrected chi connectivity index (χ3v) is 3.05. The van der Waals surface area contributed by atoms with E-state index >= 15 is 0 Å². The fourth-order valence-corrected chi connectivity index (χ4v) is 1.75. The van der Waals surface area contributed by atoms with Crippen LogP contribution in [0.4, 0.5) is 0 Å². The summed E-state index contributed by atoms with van der Waals surface area (Å²) in [5.74, 6) is -0.137. The van der Waals surface area contributed by atoms with Crippen molar-refractivity contribution in [3.63, 3.8) is 0 Å².